The van der Waals surface area contributed by atoms with Gasteiger partial charge in [-0.15, -0.1) is 23.7 Å². The molecule has 4 nitrogen and oxygen atoms in total. The molecule has 1 aromatic heterocycles. The van der Waals surface area contributed by atoms with Gasteiger partial charge in [0.1, 0.15) is 0 Å². The van der Waals surface area contributed by atoms with Gasteiger partial charge in [0.05, 0.1) is 16.8 Å². The van der Waals surface area contributed by atoms with Crippen molar-refractivity contribution in [3.8, 4) is 0 Å². The summed E-state index contributed by atoms with van der Waals surface area (Å²) < 4.78 is 0. The van der Waals surface area contributed by atoms with E-state index in [1.807, 2.05) is 0 Å². The summed E-state index contributed by atoms with van der Waals surface area (Å²) in [4.78, 5) is 4.49. The van der Waals surface area contributed by atoms with Gasteiger partial charge in [-0.05, 0) is 6.42 Å². The van der Waals surface area contributed by atoms with Crippen molar-refractivity contribution in [2.24, 2.45) is 5.92 Å². The maximum Gasteiger partial charge on any atom is 0.0926 e. The maximum atomic E-state index is 9.61. The Kier molecular flexibility index (Phi) is 6.37. The number of thiazole rings is 1. The summed E-state index contributed by atoms with van der Waals surface area (Å²) in [6, 6.07) is 0. The van der Waals surface area contributed by atoms with Crippen LogP contribution in [0.15, 0.2) is 5.38 Å². The lowest BCUT2D eigenvalue weighted by Crippen LogP contribution is -2.30. The van der Waals surface area contributed by atoms with Gasteiger partial charge in [-0.2, -0.15) is 0 Å². The Bertz CT molecular complexity index is 334. The van der Waals surface area contributed by atoms with Crippen LogP contribution in [0.2, 0.25) is 0 Å². The molecule has 0 amide bonds. The summed E-state index contributed by atoms with van der Waals surface area (Å²) in [5.74, 6) is 0.337. The molecular weight excluding hydrogens is 258 g/mol. The molecular formula is C11H20ClN3OS. The highest BCUT2D eigenvalue weighted by Gasteiger charge is 2.23. The lowest BCUT2D eigenvalue weighted by molar-refractivity contribution is 0.146. The molecule has 0 spiro atoms. The monoisotopic (exact) mass is 277 g/mol. The Hall–Kier alpha value is -0.200. The molecule has 98 valence electrons. The first-order chi connectivity index (χ1) is 7.79. The molecule has 0 aromatic carbocycles. The Balaban J connectivity index is 0.00000144. The van der Waals surface area contributed by atoms with Crippen molar-refractivity contribution in [2.75, 3.05) is 19.6 Å². The molecule has 1 aliphatic rings. The highest BCUT2D eigenvalue weighted by atomic mass is 35.5. The number of aryl methyl sites for hydroxylation is 1. The Morgan fingerprint density at radius 2 is 2.41 bits per heavy atom. The summed E-state index contributed by atoms with van der Waals surface area (Å²) >= 11 is 1.72. The van der Waals surface area contributed by atoms with Crippen LogP contribution in [0.4, 0.5) is 0 Å². The number of β-amino-alcohol motifs (C(OH)–C–C–N with tert-alkyl or cyclic N) is 1. The third-order valence-electron chi connectivity index (χ3n) is 2.92. The van der Waals surface area contributed by atoms with E-state index >= 15 is 0 Å². The second-order valence-corrected chi connectivity index (χ2v) is 5.15. The van der Waals surface area contributed by atoms with Gasteiger partial charge in [0.15, 0.2) is 0 Å². The third-order valence-corrected chi connectivity index (χ3v) is 3.96. The molecule has 1 saturated heterocycles. The SMILES string of the molecule is CCc1nc(CNCC2CNCC2O)cs1.Cl. The summed E-state index contributed by atoms with van der Waals surface area (Å²) in [5.41, 5.74) is 1.11. The minimum Gasteiger partial charge on any atom is -0.391 e. The fourth-order valence-electron chi connectivity index (χ4n) is 1.91. The van der Waals surface area contributed by atoms with Crippen LogP contribution in [-0.4, -0.2) is 35.8 Å². The molecule has 1 fully saturated rings. The van der Waals surface area contributed by atoms with Crippen molar-refractivity contribution >= 4 is 23.7 Å². The number of aliphatic hydroxyl groups is 1. The maximum absolute atomic E-state index is 9.61. The molecule has 0 bridgehead atoms. The number of hydrogen-bond acceptors (Lipinski definition) is 5. The number of nitrogens with one attached hydrogen (secondary N) is 2. The van der Waals surface area contributed by atoms with Gasteiger partial charge < -0.3 is 15.7 Å². The van der Waals surface area contributed by atoms with E-state index in [1.54, 1.807) is 11.3 Å². The molecule has 2 rings (SSSR count). The van der Waals surface area contributed by atoms with E-state index in [1.165, 1.54) is 5.01 Å². The van der Waals surface area contributed by atoms with Crippen molar-refractivity contribution in [1.82, 2.24) is 15.6 Å². The smallest absolute Gasteiger partial charge is 0.0926 e. The van der Waals surface area contributed by atoms with Crippen molar-refractivity contribution in [3.63, 3.8) is 0 Å². The standard InChI is InChI=1S/C11H19N3OS.ClH/c1-2-11-14-9(7-16-11)5-12-3-8-4-13-6-10(8)15;/h7-8,10,12-13,15H,2-6H2,1H3;1H. The van der Waals surface area contributed by atoms with E-state index in [0.717, 1.165) is 38.3 Å². The second-order valence-electron chi connectivity index (χ2n) is 4.20. The van der Waals surface area contributed by atoms with Crippen LogP contribution in [0.3, 0.4) is 0 Å². The second kappa shape index (κ2) is 7.28. The fourth-order valence-corrected chi connectivity index (χ4v) is 2.65. The molecule has 1 aliphatic heterocycles. The van der Waals surface area contributed by atoms with E-state index in [9.17, 15) is 5.11 Å². The normalized spacial score (nSPS) is 23.6. The van der Waals surface area contributed by atoms with E-state index in [2.05, 4.69) is 27.9 Å². The topological polar surface area (TPSA) is 57.2 Å². The first kappa shape index (κ1) is 14.9. The molecule has 3 N–H and O–H groups in total. The average Bonchev–Trinajstić information content (AvgIpc) is 2.89. The van der Waals surface area contributed by atoms with Crippen molar-refractivity contribution in [2.45, 2.75) is 26.0 Å². The molecule has 0 aliphatic carbocycles. The minimum absolute atomic E-state index is 0. The van der Waals surface area contributed by atoms with Gasteiger partial charge in [-0.1, -0.05) is 6.92 Å². The van der Waals surface area contributed by atoms with E-state index < -0.39 is 0 Å². The van der Waals surface area contributed by atoms with Crippen molar-refractivity contribution < 1.29 is 5.11 Å². The first-order valence-electron chi connectivity index (χ1n) is 5.82. The van der Waals surface area contributed by atoms with Crippen molar-refractivity contribution in [3.05, 3.63) is 16.1 Å². The van der Waals surface area contributed by atoms with Crippen LogP contribution < -0.4 is 10.6 Å². The predicted octanol–water partition coefficient (Wildman–Crippen LogP) is 0.797. The highest BCUT2D eigenvalue weighted by Crippen LogP contribution is 2.11. The summed E-state index contributed by atoms with van der Waals surface area (Å²) in [7, 11) is 0. The molecule has 2 heterocycles. The van der Waals surface area contributed by atoms with Crippen LogP contribution in [0.5, 0.6) is 0 Å². The molecule has 17 heavy (non-hydrogen) atoms. The average molecular weight is 278 g/mol. The first-order valence-corrected chi connectivity index (χ1v) is 6.70. The lowest BCUT2D eigenvalue weighted by atomic mass is 10.1. The Morgan fingerprint density at radius 1 is 1.59 bits per heavy atom. The van der Waals surface area contributed by atoms with E-state index in [0.29, 0.717) is 5.92 Å². The van der Waals surface area contributed by atoms with Crippen LogP contribution >= 0.6 is 23.7 Å². The lowest BCUT2D eigenvalue weighted by Gasteiger charge is -2.13. The van der Waals surface area contributed by atoms with Gasteiger partial charge in [0.2, 0.25) is 0 Å². The molecule has 0 radical (unpaired) electrons. The van der Waals surface area contributed by atoms with Gasteiger partial charge in [0.25, 0.3) is 0 Å². The zero-order valence-corrected chi connectivity index (χ0v) is 11.6. The van der Waals surface area contributed by atoms with Gasteiger partial charge in [0, 0.05) is 37.5 Å². The van der Waals surface area contributed by atoms with E-state index in [-0.39, 0.29) is 18.5 Å². The van der Waals surface area contributed by atoms with Crippen LogP contribution in [-0.2, 0) is 13.0 Å². The number of halogens is 1. The zero-order valence-electron chi connectivity index (χ0n) is 9.98. The molecule has 2 atom stereocenters. The largest absolute Gasteiger partial charge is 0.391 e. The molecule has 6 heteroatoms. The molecule has 0 saturated carbocycles. The summed E-state index contributed by atoms with van der Waals surface area (Å²) in [6.45, 7) is 5.41. The fraction of sp³-hybridized carbons (Fsp3) is 0.727. The van der Waals surface area contributed by atoms with E-state index in [4.69, 9.17) is 0 Å². The van der Waals surface area contributed by atoms with Gasteiger partial charge in [-0.3, -0.25) is 0 Å². The summed E-state index contributed by atoms with van der Waals surface area (Å²) in [6.07, 6.45) is 0.810. The zero-order chi connectivity index (χ0) is 11.4. The Morgan fingerprint density at radius 3 is 3.00 bits per heavy atom. The number of rotatable bonds is 5. The molecule has 1 aromatic rings. The van der Waals surface area contributed by atoms with Crippen LogP contribution in [0.25, 0.3) is 0 Å². The summed E-state index contributed by atoms with van der Waals surface area (Å²) in [5, 5.41) is 19.4. The minimum atomic E-state index is -0.200. The predicted molar refractivity (Wildman–Crippen MR) is 72.8 cm³/mol. The van der Waals surface area contributed by atoms with Gasteiger partial charge >= 0.3 is 0 Å². The Labute approximate surface area is 112 Å². The van der Waals surface area contributed by atoms with Crippen LogP contribution in [0, 0.1) is 5.92 Å². The number of hydrogen-bond donors (Lipinski definition) is 3. The molecule has 2 unspecified atom stereocenters. The number of aliphatic hydroxyl groups excluding tert-OH is 1. The number of nitrogens with zero attached hydrogens (tertiary/aromatic N) is 1. The van der Waals surface area contributed by atoms with Crippen LogP contribution in [0.1, 0.15) is 17.6 Å². The highest BCUT2D eigenvalue weighted by molar-refractivity contribution is 7.09. The number of aromatic nitrogens is 1. The van der Waals surface area contributed by atoms with Gasteiger partial charge in [-0.25, -0.2) is 4.98 Å². The van der Waals surface area contributed by atoms with Crippen molar-refractivity contribution in [1.29, 1.82) is 0 Å². The quantitative estimate of drug-likeness (QED) is 0.745. The third kappa shape index (κ3) is 4.19.